The highest BCUT2D eigenvalue weighted by Crippen LogP contribution is 2.20. The standard InChI is InChI=1S/C22H19N3O4/c23-21(27)20-18-7-3-4-8-19(18)22(28)25(24-20)12-16(26)13-29-17-10-9-14-5-1-2-6-15(14)11-17/h1-11,16,26H,12-13H2,(H2,23,27). The molecule has 1 amide bonds. The molecule has 0 saturated carbocycles. The lowest BCUT2D eigenvalue weighted by Gasteiger charge is -2.15. The van der Waals surface area contributed by atoms with Gasteiger partial charge >= 0.3 is 0 Å². The van der Waals surface area contributed by atoms with E-state index in [4.69, 9.17) is 10.5 Å². The Balaban J connectivity index is 1.54. The fraction of sp³-hybridized carbons (Fsp3) is 0.136. The maximum absolute atomic E-state index is 12.7. The first-order valence-corrected chi connectivity index (χ1v) is 9.12. The monoisotopic (exact) mass is 389 g/mol. The van der Waals surface area contributed by atoms with Crippen molar-refractivity contribution >= 4 is 27.5 Å². The van der Waals surface area contributed by atoms with Crippen molar-refractivity contribution in [3.05, 3.63) is 82.8 Å². The fourth-order valence-corrected chi connectivity index (χ4v) is 3.24. The summed E-state index contributed by atoms with van der Waals surface area (Å²) in [5.41, 5.74) is 4.99. The van der Waals surface area contributed by atoms with Gasteiger partial charge < -0.3 is 15.6 Å². The average Bonchev–Trinajstić information content (AvgIpc) is 2.74. The molecular formula is C22H19N3O4. The molecule has 0 aliphatic heterocycles. The number of hydrogen-bond acceptors (Lipinski definition) is 5. The number of carbonyl (C=O) groups excluding carboxylic acids is 1. The second-order valence-electron chi connectivity index (χ2n) is 6.72. The van der Waals surface area contributed by atoms with Crippen LogP contribution in [-0.2, 0) is 6.54 Å². The van der Waals surface area contributed by atoms with Gasteiger partial charge in [-0.05, 0) is 29.0 Å². The number of fused-ring (bicyclic) bond motifs is 2. The van der Waals surface area contributed by atoms with Gasteiger partial charge in [-0.3, -0.25) is 9.59 Å². The van der Waals surface area contributed by atoms with Crippen LogP contribution in [0.3, 0.4) is 0 Å². The van der Waals surface area contributed by atoms with Gasteiger partial charge in [0.1, 0.15) is 18.5 Å². The first-order chi connectivity index (χ1) is 14.0. The summed E-state index contributed by atoms with van der Waals surface area (Å²) in [6.07, 6.45) is -1.01. The lowest BCUT2D eigenvalue weighted by Crippen LogP contribution is -2.34. The Hall–Kier alpha value is -3.71. The molecule has 3 aromatic carbocycles. The van der Waals surface area contributed by atoms with Crippen LogP contribution < -0.4 is 16.0 Å². The number of hydrogen-bond donors (Lipinski definition) is 2. The molecule has 7 nitrogen and oxygen atoms in total. The van der Waals surface area contributed by atoms with E-state index in [9.17, 15) is 14.7 Å². The predicted molar refractivity (Wildman–Crippen MR) is 110 cm³/mol. The summed E-state index contributed by atoms with van der Waals surface area (Å²) in [6, 6.07) is 20.1. The van der Waals surface area contributed by atoms with Crippen molar-refractivity contribution in [3.63, 3.8) is 0 Å². The minimum Gasteiger partial charge on any atom is -0.491 e. The molecule has 7 heteroatoms. The van der Waals surface area contributed by atoms with Gasteiger partial charge in [0.05, 0.1) is 11.9 Å². The Morgan fingerprint density at radius 2 is 1.72 bits per heavy atom. The van der Waals surface area contributed by atoms with Gasteiger partial charge in [-0.2, -0.15) is 5.10 Å². The van der Waals surface area contributed by atoms with Crippen molar-refractivity contribution in [2.75, 3.05) is 6.61 Å². The van der Waals surface area contributed by atoms with E-state index in [0.717, 1.165) is 15.5 Å². The number of nitrogens with two attached hydrogens (primary N) is 1. The molecule has 0 fully saturated rings. The molecule has 0 bridgehead atoms. The van der Waals surface area contributed by atoms with Gasteiger partial charge in [-0.1, -0.05) is 48.5 Å². The Labute approximate surface area is 166 Å². The molecule has 4 aromatic rings. The number of aromatic nitrogens is 2. The van der Waals surface area contributed by atoms with E-state index in [1.54, 1.807) is 24.3 Å². The summed E-state index contributed by atoms with van der Waals surface area (Å²) >= 11 is 0. The highest BCUT2D eigenvalue weighted by atomic mass is 16.5. The predicted octanol–water partition coefficient (Wildman–Crippen LogP) is 2.09. The number of aliphatic hydroxyl groups excluding tert-OH is 1. The second kappa shape index (κ2) is 7.73. The third kappa shape index (κ3) is 3.81. The summed E-state index contributed by atoms with van der Waals surface area (Å²) in [6.45, 7) is -0.164. The molecule has 1 unspecified atom stereocenters. The van der Waals surface area contributed by atoms with Crippen LogP contribution in [-0.4, -0.2) is 33.5 Å². The number of nitrogens with zero attached hydrogens (tertiary/aromatic N) is 2. The zero-order chi connectivity index (χ0) is 20.4. The molecule has 0 spiro atoms. The number of amides is 1. The largest absolute Gasteiger partial charge is 0.491 e. The minimum atomic E-state index is -1.01. The summed E-state index contributed by atoms with van der Waals surface area (Å²) in [5, 5.41) is 17.2. The third-order valence-electron chi connectivity index (χ3n) is 4.65. The molecular weight excluding hydrogens is 370 g/mol. The summed E-state index contributed by atoms with van der Waals surface area (Å²) in [5.74, 6) is -0.128. The van der Waals surface area contributed by atoms with E-state index >= 15 is 0 Å². The van der Waals surface area contributed by atoms with Crippen LogP contribution >= 0.6 is 0 Å². The van der Waals surface area contributed by atoms with Crippen LogP contribution in [0.2, 0.25) is 0 Å². The van der Waals surface area contributed by atoms with E-state index in [0.29, 0.717) is 16.5 Å². The summed E-state index contributed by atoms with van der Waals surface area (Å²) in [4.78, 5) is 24.4. The molecule has 1 atom stereocenters. The molecule has 146 valence electrons. The fourth-order valence-electron chi connectivity index (χ4n) is 3.24. The van der Waals surface area contributed by atoms with Crippen molar-refractivity contribution < 1.29 is 14.6 Å². The minimum absolute atomic E-state index is 0.0113. The van der Waals surface area contributed by atoms with E-state index in [2.05, 4.69) is 5.10 Å². The van der Waals surface area contributed by atoms with Gasteiger partial charge in [-0.25, -0.2) is 4.68 Å². The van der Waals surface area contributed by atoms with Crippen molar-refractivity contribution in [3.8, 4) is 5.75 Å². The first kappa shape index (κ1) is 18.6. The van der Waals surface area contributed by atoms with E-state index in [-0.39, 0.29) is 18.8 Å². The number of rotatable bonds is 6. The Kier molecular flexibility index (Phi) is 4.97. The molecule has 4 rings (SSSR count). The topological polar surface area (TPSA) is 107 Å². The van der Waals surface area contributed by atoms with Gasteiger partial charge in [0.15, 0.2) is 5.69 Å². The van der Waals surface area contributed by atoms with Gasteiger partial charge in [-0.15, -0.1) is 0 Å². The smallest absolute Gasteiger partial charge is 0.274 e. The zero-order valence-electron chi connectivity index (χ0n) is 15.5. The maximum atomic E-state index is 12.7. The number of carbonyl (C=O) groups is 1. The highest BCUT2D eigenvalue weighted by molar-refractivity contribution is 6.03. The molecule has 1 heterocycles. The number of benzene rings is 3. The van der Waals surface area contributed by atoms with Crippen LogP contribution in [0.5, 0.6) is 5.75 Å². The van der Waals surface area contributed by atoms with Crippen LogP contribution in [0.25, 0.3) is 21.5 Å². The summed E-state index contributed by atoms with van der Waals surface area (Å²) in [7, 11) is 0. The number of aliphatic hydroxyl groups is 1. The highest BCUT2D eigenvalue weighted by Gasteiger charge is 2.16. The summed E-state index contributed by atoms with van der Waals surface area (Å²) < 4.78 is 6.72. The Morgan fingerprint density at radius 3 is 2.48 bits per heavy atom. The Bertz CT molecular complexity index is 1270. The maximum Gasteiger partial charge on any atom is 0.274 e. The SMILES string of the molecule is NC(=O)c1nn(CC(O)COc2ccc3ccccc3c2)c(=O)c2ccccc12. The first-order valence-electron chi connectivity index (χ1n) is 9.12. The van der Waals surface area contributed by atoms with Gasteiger partial charge in [0.25, 0.3) is 11.5 Å². The quantitative estimate of drug-likeness (QED) is 0.525. The molecule has 0 saturated heterocycles. The van der Waals surface area contributed by atoms with Crippen LogP contribution in [0.1, 0.15) is 10.5 Å². The van der Waals surface area contributed by atoms with E-state index in [1.807, 2.05) is 42.5 Å². The second-order valence-corrected chi connectivity index (χ2v) is 6.72. The van der Waals surface area contributed by atoms with Crippen LogP contribution in [0.15, 0.2) is 71.5 Å². The average molecular weight is 389 g/mol. The number of ether oxygens (including phenoxy) is 1. The molecule has 0 aliphatic rings. The lowest BCUT2D eigenvalue weighted by molar-refractivity contribution is 0.0872. The number of primary amides is 1. The molecule has 0 radical (unpaired) electrons. The molecule has 0 aliphatic carbocycles. The molecule has 29 heavy (non-hydrogen) atoms. The van der Waals surface area contributed by atoms with Crippen molar-refractivity contribution in [1.82, 2.24) is 9.78 Å². The molecule has 3 N–H and O–H groups in total. The van der Waals surface area contributed by atoms with Gasteiger partial charge in [0.2, 0.25) is 0 Å². The van der Waals surface area contributed by atoms with Crippen LogP contribution in [0.4, 0.5) is 0 Å². The zero-order valence-corrected chi connectivity index (χ0v) is 15.5. The third-order valence-corrected chi connectivity index (χ3v) is 4.65. The van der Waals surface area contributed by atoms with Crippen molar-refractivity contribution in [2.24, 2.45) is 5.73 Å². The van der Waals surface area contributed by atoms with E-state index in [1.165, 1.54) is 0 Å². The van der Waals surface area contributed by atoms with Gasteiger partial charge in [0, 0.05) is 5.39 Å². The molecule has 1 aromatic heterocycles. The Morgan fingerprint density at radius 1 is 1.03 bits per heavy atom. The lowest BCUT2D eigenvalue weighted by atomic mass is 10.1. The van der Waals surface area contributed by atoms with E-state index < -0.39 is 17.6 Å². The van der Waals surface area contributed by atoms with Crippen LogP contribution in [0, 0.1) is 0 Å². The van der Waals surface area contributed by atoms with Crippen molar-refractivity contribution in [1.29, 1.82) is 0 Å². The van der Waals surface area contributed by atoms with Crippen molar-refractivity contribution in [2.45, 2.75) is 12.6 Å². The normalized spacial score (nSPS) is 12.2.